The molecule has 0 aliphatic heterocycles. The number of para-hydroxylation sites is 1. The lowest BCUT2D eigenvalue weighted by Gasteiger charge is -2.09. The van der Waals surface area contributed by atoms with Crippen molar-refractivity contribution < 1.29 is 8.83 Å². The molecule has 0 saturated carbocycles. The van der Waals surface area contributed by atoms with Crippen molar-refractivity contribution >= 4 is 11.0 Å². The molecule has 0 bridgehead atoms. The molecule has 3 aromatic rings. The van der Waals surface area contributed by atoms with Crippen LogP contribution < -0.4 is 5.32 Å². The lowest BCUT2D eigenvalue weighted by atomic mass is 10.2. The molecule has 1 N–H and O–H groups in total. The van der Waals surface area contributed by atoms with Crippen molar-refractivity contribution in [2.45, 2.75) is 19.5 Å². The highest BCUT2D eigenvalue weighted by atomic mass is 16.3. The van der Waals surface area contributed by atoms with Gasteiger partial charge in [-0.1, -0.05) is 18.2 Å². The molecule has 0 spiro atoms. The van der Waals surface area contributed by atoms with Gasteiger partial charge in [0.15, 0.2) is 0 Å². The van der Waals surface area contributed by atoms with E-state index in [4.69, 9.17) is 8.83 Å². The Morgan fingerprint density at radius 3 is 2.83 bits per heavy atom. The van der Waals surface area contributed by atoms with Crippen molar-refractivity contribution in [3.63, 3.8) is 0 Å². The Morgan fingerprint density at radius 2 is 2.06 bits per heavy atom. The van der Waals surface area contributed by atoms with E-state index in [1.165, 1.54) is 0 Å². The average Bonchev–Trinajstić information content (AvgIpc) is 3.04. The summed E-state index contributed by atoms with van der Waals surface area (Å²) in [4.78, 5) is 0. The molecule has 3 heteroatoms. The average molecular weight is 241 g/mol. The van der Waals surface area contributed by atoms with E-state index in [1.54, 1.807) is 6.26 Å². The van der Waals surface area contributed by atoms with Crippen LogP contribution >= 0.6 is 0 Å². The molecular formula is C15H15NO2. The molecule has 0 aliphatic rings. The first-order valence-corrected chi connectivity index (χ1v) is 6.07. The smallest absolute Gasteiger partial charge is 0.134 e. The second kappa shape index (κ2) is 4.70. The van der Waals surface area contributed by atoms with Crippen molar-refractivity contribution in [3.05, 3.63) is 60.2 Å². The molecule has 0 radical (unpaired) electrons. The van der Waals surface area contributed by atoms with E-state index in [9.17, 15) is 0 Å². The maximum atomic E-state index is 5.74. The van der Waals surface area contributed by atoms with Crippen LogP contribution in [0.4, 0.5) is 0 Å². The zero-order valence-corrected chi connectivity index (χ0v) is 10.2. The molecule has 0 saturated heterocycles. The SMILES string of the molecule is CC(NCc1cc2ccccc2o1)c1ccco1. The largest absolute Gasteiger partial charge is 0.468 e. The molecule has 18 heavy (non-hydrogen) atoms. The molecule has 0 amide bonds. The minimum Gasteiger partial charge on any atom is -0.468 e. The van der Waals surface area contributed by atoms with E-state index < -0.39 is 0 Å². The Labute approximate surface area is 105 Å². The third-order valence-electron chi connectivity index (χ3n) is 3.03. The number of benzene rings is 1. The number of nitrogens with one attached hydrogen (secondary N) is 1. The van der Waals surface area contributed by atoms with Gasteiger partial charge >= 0.3 is 0 Å². The minimum atomic E-state index is 0.174. The van der Waals surface area contributed by atoms with Gasteiger partial charge in [-0.05, 0) is 31.2 Å². The highest BCUT2D eigenvalue weighted by Gasteiger charge is 2.09. The topological polar surface area (TPSA) is 38.3 Å². The fourth-order valence-electron chi connectivity index (χ4n) is 2.02. The normalized spacial score (nSPS) is 12.9. The summed E-state index contributed by atoms with van der Waals surface area (Å²) in [5.74, 6) is 1.88. The summed E-state index contributed by atoms with van der Waals surface area (Å²) in [5.41, 5.74) is 0.931. The maximum Gasteiger partial charge on any atom is 0.134 e. The first-order chi connectivity index (χ1) is 8.83. The van der Waals surface area contributed by atoms with E-state index in [0.717, 1.165) is 22.5 Å². The standard InChI is InChI=1S/C15H15NO2/c1-11(14-7-4-8-17-14)16-10-13-9-12-5-2-3-6-15(12)18-13/h2-9,11,16H,10H2,1H3. The summed E-state index contributed by atoms with van der Waals surface area (Å²) < 4.78 is 11.1. The van der Waals surface area contributed by atoms with Crippen LogP contribution in [0.2, 0.25) is 0 Å². The fraction of sp³-hybridized carbons (Fsp3) is 0.200. The predicted molar refractivity (Wildman–Crippen MR) is 70.2 cm³/mol. The summed E-state index contributed by atoms with van der Waals surface area (Å²) in [6.07, 6.45) is 1.69. The van der Waals surface area contributed by atoms with Gasteiger partial charge in [-0.25, -0.2) is 0 Å². The highest BCUT2D eigenvalue weighted by molar-refractivity contribution is 5.77. The molecule has 1 atom stereocenters. The van der Waals surface area contributed by atoms with Crippen LogP contribution in [0, 0.1) is 0 Å². The van der Waals surface area contributed by atoms with Gasteiger partial charge in [0.05, 0.1) is 18.8 Å². The zero-order chi connectivity index (χ0) is 12.4. The Hall–Kier alpha value is -2.00. The molecule has 1 unspecified atom stereocenters. The van der Waals surface area contributed by atoms with Crippen LogP contribution in [-0.2, 0) is 6.54 Å². The second-order valence-corrected chi connectivity index (χ2v) is 4.37. The van der Waals surface area contributed by atoms with Crippen molar-refractivity contribution in [2.75, 3.05) is 0 Å². The number of furan rings is 2. The Kier molecular flexibility index (Phi) is 2.90. The second-order valence-electron chi connectivity index (χ2n) is 4.37. The highest BCUT2D eigenvalue weighted by Crippen LogP contribution is 2.19. The molecular weight excluding hydrogens is 226 g/mol. The summed E-state index contributed by atoms with van der Waals surface area (Å²) in [6.45, 7) is 2.76. The van der Waals surface area contributed by atoms with Crippen LogP contribution in [0.15, 0.2) is 57.6 Å². The fourth-order valence-corrected chi connectivity index (χ4v) is 2.02. The summed E-state index contributed by atoms with van der Waals surface area (Å²) in [6, 6.07) is 14.1. The summed E-state index contributed by atoms with van der Waals surface area (Å²) in [7, 11) is 0. The summed E-state index contributed by atoms with van der Waals surface area (Å²) >= 11 is 0. The minimum absolute atomic E-state index is 0.174. The third kappa shape index (κ3) is 2.17. The number of fused-ring (bicyclic) bond motifs is 1. The third-order valence-corrected chi connectivity index (χ3v) is 3.03. The van der Waals surface area contributed by atoms with E-state index in [-0.39, 0.29) is 6.04 Å². The van der Waals surface area contributed by atoms with Gasteiger partial charge in [-0.3, -0.25) is 0 Å². The first kappa shape index (κ1) is 11.1. The molecule has 2 aromatic heterocycles. The molecule has 3 rings (SSSR count). The molecule has 0 fully saturated rings. The van der Waals surface area contributed by atoms with Crippen LogP contribution in [0.5, 0.6) is 0 Å². The van der Waals surface area contributed by atoms with Gasteiger partial charge in [0, 0.05) is 5.39 Å². The van der Waals surface area contributed by atoms with Crippen LogP contribution in [0.1, 0.15) is 24.5 Å². The Balaban J connectivity index is 1.69. The Bertz CT molecular complexity index is 592. The van der Waals surface area contributed by atoms with Gasteiger partial charge in [0.1, 0.15) is 17.1 Å². The van der Waals surface area contributed by atoms with Gasteiger partial charge in [-0.15, -0.1) is 0 Å². The first-order valence-electron chi connectivity index (χ1n) is 6.07. The van der Waals surface area contributed by atoms with Gasteiger partial charge < -0.3 is 14.2 Å². The lowest BCUT2D eigenvalue weighted by Crippen LogP contribution is -2.17. The van der Waals surface area contributed by atoms with Crippen molar-refractivity contribution in [1.82, 2.24) is 5.32 Å². The van der Waals surface area contributed by atoms with Gasteiger partial charge in [-0.2, -0.15) is 0 Å². The van der Waals surface area contributed by atoms with Gasteiger partial charge in [0.2, 0.25) is 0 Å². The monoisotopic (exact) mass is 241 g/mol. The van der Waals surface area contributed by atoms with E-state index in [2.05, 4.69) is 24.4 Å². The van der Waals surface area contributed by atoms with Gasteiger partial charge in [0.25, 0.3) is 0 Å². The summed E-state index contributed by atoms with van der Waals surface area (Å²) in [5, 5.41) is 4.51. The molecule has 0 aliphatic carbocycles. The van der Waals surface area contributed by atoms with E-state index in [0.29, 0.717) is 6.54 Å². The van der Waals surface area contributed by atoms with Crippen LogP contribution in [0.25, 0.3) is 11.0 Å². The number of hydrogen-bond acceptors (Lipinski definition) is 3. The zero-order valence-electron chi connectivity index (χ0n) is 10.2. The Morgan fingerprint density at radius 1 is 1.17 bits per heavy atom. The van der Waals surface area contributed by atoms with Crippen molar-refractivity contribution in [3.8, 4) is 0 Å². The predicted octanol–water partition coefficient (Wildman–Crippen LogP) is 3.88. The van der Waals surface area contributed by atoms with Crippen LogP contribution in [-0.4, -0.2) is 0 Å². The van der Waals surface area contributed by atoms with E-state index in [1.807, 2.05) is 30.3 Å². The quantitative estimate of drug-likeness (QED) is 0.753. The number of rotatable bonds is 4. The molecule has 1 aromatic carbocycles. The number of hydrogen-bond donors (Lipinski definition) is 1. The van der Waals surface area contributed by atoms with Crippen LogP contribution in [0.3, 0.4) is 0 Å². The molecule has 2 heterocycles. The van der Waals surface area contributed by atoms with Crippen molar-refractivity contribution in [1.29, 1.82) is 0 Å². The molecule has 92 valence electrons. The molecule has 3 nitrogen and oxygen atoms in total. The lowest BCUT2D eigenvalue weighted by molar-refractivity contribution is 0.412. The maximum absolute atomic E-state index is 5.74. The van der Waals surface area contributed by atoms with Crippen molar-refractivity contribution in [2.24, 2.45) is 0 Å². The van der Waals surface area contributed by atoms with E-state index >= 15 is 0 Å².